The number of para-hydroxylation sites is 1. The Morgan fingerprint density at radius 2 is 1.68 bits per heavy atom. The van der Waals surface area contributed by atoms with Crippen LogP contribution in [-0.2, 0) is 19.9 Å². The van der Waals surface area contributed by atoms with E-state index in [1.807, 2.05) is 24.3 Å². The van der Waals surface area contributed by atoms with Crippen molar-refractivity contribution in [1.82, 2.24) is 15.1 Å². The number of nitrogens with one attached hydrogen (secondary N) is 1. The van der Waals surface area contributed by atoms with Gasteiger partial charge in [0.05, 0.1) is 0 Å². The van der Waals surface area contributed by atoms with Gasteiger partial charge in [0.1, 0.15) is 12.4 Å². The minimum Gasteiger partial charge on any atom is -0.492 e. The Morgan fingerprint density at radius 1 is 1.05 bits per heavy atom. The van der Waals surface area contributed by atoms with Gasteiger partial charge in [0.15, 0.2) is 0 Å². The first-order chi connectivity index (χ1) is 19.6. The molecule has 0 bridgehead atoms. The number of ether oxygens (including phenoxy) is 2. The van der Waals surface area contributed by atoms with Gasteiger partial charge in [-0.25, -0.2) is 0 Å². The lowest BCUT2D eigenvalue weighted by Crippen LogP contribution is -2.60. The summed E-state index contributed by atoms with van der Waals surface area (Å²) in [7, 11) is 0.919. The maximum Gasteiger partial charge on any atom is 0.430 e. The number of halogens is 3. The van der Waals surface area contributed by atoms with Gasteiger partial charge in [0.2, 0.25) is 5.91 Å². The largest absolute Gasteiger partial charge is 0.492 e. The molecule has 2 aromatic rings. The standard InChI is InChI=1S/C31H40F3N3O4/c1-4-36(5-2)19-20-41-26-14-10-9-13-24(26)25-22-35-27(38)21-29(25)15-17-37(18-16-29)28(39)30(40-3,31(32,33)34)23-11-7-6-8-12-23/h6-14,25H,4-5,15-22H2,1-3H3,(H,35,38)/t25?,30-/m1/s1. The van der Waals surface area contributed by atoms with E-state index < -0.39 is 23.1 Å². The number of piperidine rings is 2. The van der Waals surface area contributed by atoms with Gasteiger partial charge in [-0.3, -0.25) is 9.59 Å². The third kappa shape index (κ3) is 6.09. The van der Waals surface area contributed by atoms with Gasteiger partial charge in [-0.1, -0.05) is 62.4 Å². The quantitative estimate of drug-likeness (QED) is 0.444. The van der Waals surface area contributed by atoms with E-state index in [9.17, 15) is 22.8 Å². The summed E-state index contributed by atoms with van der Waals surface area (Å²) in [6, 6.07) is 14.8. The summed E-state index contributed by atoms with van der Waals surface area (Å²) in [5.74, 6) is -0.582. The molecule has 0 saturated carbocycles. The molecular weight excluding hydrogens is 535 g/mol. The molecule has 7 nitrogen and oxygen atoms in total. The number of carbonyl (C=O) groups excluding carboxylic acids is 2. The summed E-state index contributed by atoms with van der Waals surface area (Å²) in [6.07, 6.45) is -3.96. The minimum atomic E-state index is -4.97. The Labute approximate surface area is 240 Å². The molecule has 224 valence electrons. The molecule has 4 rings (SSSR count). The molecule has 2 amide bonds. The summed E-state index contributed by atoms with van der Waals surface area (Å²) >= 11 is 0. The van der Waals surface area contributed by atoms with Crippen molar-refractivity contribution >= 4 is 11.8 Å². The highest BCUT2D eigenvalue weighted by molar-refractivity contribution is 5.88. The number of methoxy groups -OCH3 is 1. The molecule has 0 aromatic heterocycles. The van der Waals surface area contributed by atoms with Crippen LogP contribution in [0, 0.1) is 5.41 Å². The van der Waals surface area contributed by atoms with Crippen LogP contribution in [0.15, 0.2) is 54.6 Å². The zero-order chi connectivity index (χ0) is 29.7. The molecule has 2 aliphatic rings. The lowest BCUT2D eigenvalue weighted by Gasteiger charge is -2.50. The van der Waals surface area contributed by atoms with Crippen LogP contribution in [0.3, 0.4) is 0 Å². The van der Waals surface area contributed by atoms with Crippen molar-refractivity contribution in [3.63, 3.8) is 0 Å². The van der Waals surface area contributed by atoms with Gasteiger partial charge in [0, 0.05) is 51.2 Å². The summed E-state index contributed by atoms with van der Waals surface area (Å²) in [4.78, 5) is 29.8. The zero-order valence-corrected chi connectivity index (χ0v) is 24.0. The van der Waals surface area contributed by atoms with Gasteiger partial charge in [-0.2, -0.15) is 13.2 Å². The molecule has 0 radical (unpaired) electrons. The van der Waals surface area contributed by atoms with E-state index in [1.165, 1.54) is 29.2 Å². The number of rotatable bonds is 10. The number of likely N-dealkylation sites (tertiary alicyclic amines) is 1. The SMILES string of the molecule is CCN(CC)CCOc1ccccc1C1CNC(=O)CC12CCN(C(=O)[C@](OC)(c1ccccc1)C(F)(F)F)CC2. The predicted octanol–water partition coefficient (Wildman–Crippen LogP) is 4.72. The third-order valence-corrected chi connectivity index (χ3v) is 8.84. The number of amides is 2. The van der Waals surface area contributed by atoms with E-state index in [2.05, 4.69) is 24.1 Å². The molecule has 1 spiro atoms. The molecular formula is C31H40F3N3O4. The van der Waals surface area contributed by atoms with Crippen LogP contribution in [0.4, 0.5) is 13.2 Å². The Morgan fingerprint density at radius 3 is 2.29 bits per heavy atom. The first kappa shape index (κ1) is 30.8. The summed E-state index contributed by atoms with van der Waals surface area (Å²) in [5.41, 5.74) is -2.91. The van der Waals surface area contributed by atoms with Crippen LogP contribution in [0.25, 0.3) is 0 Å². The van der Waals surface area contributed by atoms with Crippen molar-refractivity contribution in [2.24, 2.45) is 5.41 Å². The molecule has 2 heterocycles. The molecule has 10 heteroatoms. The summed E-state index contributed by atoms with van der Waals surface area (Å²) < 4.78 is 54.9. The highest BCUT2D eigenvalue weighted by Crippen LogP contribution is 2.52. The highest BCUT2D eigenvalue weighted by atomic mass is 19.4. The Hall–Kier alpha value is -3.11. The second-order valence-corrected chi connectivity index (χ2v) is 10.9. The first-order valence-corrected chi connectivity index (χ1v) is 14.3. The lowest BCUT2D eigenvalue weighted by molar-refractivity contribution is -0.271. The topological polar surface area (TPSA) is 71.1 Å². The van der Waals surface area contributed by atoms with Crippen LogP contribution in [0.2, 0.25) is 0 Å². The van der Waals surface area contributed by atoms with Gasteiger partial charge >= 0.3 is 6.18 Å². The minimum absolute atomic E-state index is 0.0849. The van der Waals surface area contributed by atoms with Gasteiger partial charge in [-0.05, 0) is 43.0 Å². The maximum atomic E-state index is 14.5. The van der Waals surface area contributed by atoms with Crippen molar-refractivity contribution in [1.29, 1.82) is 0 Å². The fourth-order valence-corrected chi connectivity index (χ4v) is 6.41. The molecule has 2 fully saturated rings. The van der Waals surface area contributed by atoms with Crippen molar-refractivity contribution < 1.29 is 32.2 Å². The Bertz CT molecular complexity index is 1180. The van der Waals surface area contributed by atoms with Gasteiger partial charge in [0.25, 0.3) is 11.5 Å². The van der Waals surface area contributed by atoms with Crippen molar-refractivity contribution in [2.45, 2.75) is 50.8 Å². The van der Waals surface area contributed by atoms with Crippen LogP contribution in [0.1, 0.15) is 50.2 Å². The molecule has 41 heavy (non-hydrogen) atoms. The lowest BCUT2D eigenvalue weighted by atomic mass is 9.62. The van der Waals surface area contributed by atoms with E-state index in [1.54, 1.807) is 6.07 Å². The van der Waals surface area contributed by atoms with Crippen molar-refractivity contribution in [3.05, 3.63) is 65.7 Å². The molecule has 2 atom stereocenters. The number of nitrogens with zero attached hydrogens (tertiary/aromatic N) is 2. The fourth-order valence-electron chi connectivity index (χ4n) is 6.41. The number of alkyl halides is 3. The normalized spacial score (nSPS) is 20.5. The Kier molecular flexibility index (Phi) is 9.64. The average molecular weight is 576 g/mol. The van der Waals surface area contributed by atoms with Crippen LogP contribution >= 0.6 is 0 Å². The van der Waals surface area contributed by atoms with Gasteiger partial charge in [-0.15, -0.1) is 0 Å². The number of benzene rings is 2. The highest BCUT2D eigenvalue weighted by Gasteiger charge is 2.64. The maximum absolute atomic E-state index is 14.5. The second-order valence-electron chi connectivity index (χ2n) is 10.9. The molecule has 1 unspecified atom stereocenters. The first-order valence-electron chi connectivity index (χ1n) is 14.3. The molecule has 1 N–H and O–H groups in total. The predicted molar refractivity (Wildman–Crippen MR) is 150 cm³/mol. The van der Waals surface area contributed by atoms with Crippen molar-refractivity contribution in [3.8, 4) is 5.75 Å². The van der Waals surface area contributed by atoms with E-state index in [0.717, 1.165) is 38.1 Å². The Balaban J connectivity index is 1.57. The van der Waals surface area contributed by atoms with Crippen LogP contribution in [0.5, 0.6) is 5.75 Å². The number of hydrogen-bond donors (Lipinski definition) is 1. The molecule has 2 aromatic carbocycles. The number of hydrogen-bond acceptors (Lipinski definition) is 5. The molecule has 0 aliphatic carbocycles. The van der Waals surface area contributed by atoms with Crippen LogP contribution < -0.4 is 10.1 Å². The smallest absolute Gasteiger partial charge is 0.430 e. The number of carbonyl (C=O) groups is 2. The van der Waals surface area contributed by atoms with E-state index in [0.29, 0.717) is 26.0 Å². The summed E-state index contributed by atoms with van der Waals surface area (Å²) in [5, 5.41) is 2.98. The van der Waals surface area contributed by atoms with Crippen LogP contribution in [-0.4, -0.2) is 80.8 Å². The zero-order valence-electron chi connectivity index (χ0n) is 24.0. The second kappa shape index (κ2) is 12.8. The van der Waals surface area contributed by atoms with Crippen molar-refractivity contribution in [2.75, 3.05) is 53.0 Å². The van der Waals surface area contributed by atoms with E-state index >= 15 is 0 Å². The van der Waals surface area contributed by atoms with E-state index in [4.69, 9.17) is 9.47 Å². The molecule has 2 aliphatic heterocycles. The average Bonchev–Trinajstić information content (AvgIpc) is 2.97. The monoisotopic (exact) mass is 575 g/mol. The molecule has 2 saturated heterocycles. The number of likely N-dealkylation sites (N-methyl/N-ethyl adjacent to an activating group) is 1. The summed E-state index contributed by atoms with van der Waals surface area (Å²) in [6.45, 7) is 7.94. The van der Waals surface area contributed by atoms with Gasteiger partial charge < -0.3 is 24.6 Å². The van der Waals surface area contributed by atoms with E-state index in [-0.39, 0.29) is 36.9 Å². The third-order valence-electron chi connectivity index (χ3n) is 8.84. The fraction of sp³-hybridized carbons (Fsp3) is 0.548.